The molecule has 2 nitrogen and oxygen atoms in total. The molecule has 3 heteroatoms. The van der Waals surface area contributed by atoms with Crippen molar-refractivity contribution in [2.75, 3.05) is 12.3 Å². The molecule has 0 saturated heterocycles. The largest absolute Gasteiger partial charge is 0.398 e. The highest BCUT2D eigenvalue weighted by Crippen LogP contribution is 2.31. The van der Waals surface area contributed by atoms with Crippen molar-refractivity contribution < 1.29 is 0 Å². The van der Waals surface area contributed by atoms with Gasteiger partial charge in [0.05, 0.1) is 0 Å². The number of nitrogen functional groups attached to an aromatic ring is 1. The molecule has 1 aromatic carbocycles. The van der Waals surface area contributed by atoms with E-state index in [2.05, 4.69) is 46.8 Å². The number of hydrogen-bond acceptors (Lipinski definition) is 2. The molecule has 1 aliphatic carbocycles. The van der Waals surface area contributed by atoms with Gasteiger partial charge in [0, 0.05) is 29.3 Å². The van der Waals surface area contributed by atoms with E-state index in [1.807, 2.05) is 6.07 Å². The van der Waals surface area contributed by atoms with Gasteiger partial charge in [-0.15, -0.1) is 0 Å². The van der Waals surface area contributed by atoms with E-state index in [1.54, 1.807) is 0 Å². The Kier molecular flexibility index (Phi) is 4.10. The monoisotopic (exact) mass is 296 g/mol. The lowest BCUT2D eigenvalue weighted by Crippen LogP contribution is -2.32. The standard InChI is InChI=1S/C14H21BrN2/c1-10(2)17(8-11-3-4-11)9-12-5-6-14(16)13(15)7-12/h5-7,10-11H,3-4,8-9,16H2,1-2H3. The first-order valence-electron chi connectivity index (χ1n) is 6.34. The molecule has 0 heterocycles. The van der Waals surface area contributed by atoms with Gasteiger partial charge in [-0.3, -0.25) is 4.90 Å². The van der Waals surface area contributed by atoms with Crippen LogP contribution in [0.4, 0.5) is 5.69 Å². The van der Waals surface area contributed by atoms with E-state index in [9.17, 15) is 0 Å². The van der Waals surface area contributed by atoms with Gasteiger partial charge in [0.25, 0.3) is 0 Å². The quantitative estimate of drug-likeness (QED) is 0.841. The fourth-order valence-electron chi connectivity index (χ4n) is 1.99. The summed E-state index contributed by atoms with van der Waals surface area (Å²) in [6.45, 7) is 6.80. The van der Waals surface area contributed by atoms with Crippen molar-refractivity contribution in [1.82, 2.24) is 4.90 Å². The van der Waals surface area contributed by atoms with E-state index in [0.717, 1.165) is 22.6 Å². The van der Waals surface area contributed by atoms with Crippen LogP contribution in [0, 0.1) is 5.92 Å². The van der Waals surface area contributed by atoms with Crippen molar-refractivity contribution >= 4 is 21.6 Å². The Bertz CT molecular complexity index is 386. The summed E-state index contributed by atoms with van der Waals surface area (Å²) >= 11 is 3.49. The number of nitrogens with two attached hydrogens (primary N) is 1. The second kappa shape index (κ2) is 5.40. The molecular formula is C14H21BrN2. The van der Waals surface area contributed by atoms with Crippen LogP contribution in [0.2, 0.25) is 0 Å². The van der Waals surface area contributed by atoms with Crippen LogP contribution < -0.4 is 5.73 Å². The van der Waals surface area contributed by atoms with Gasteiger partial charge in [-0.25, -0.2) is 0 Å². The summed E-state index contributed by atoms with van der Waals surface area (Å²) in [6.07, 6.45) is 2.82. The lowest BCUT2D eigenvalue weighted by molar-refractivity contribution is 0.204. The molecule has 0 bridgehead atoms. The van der Waals surface area contributed by atoms with Crippen LogP contribution in [-0.2, 0) is 6.54 Å². The fourth-order valence-corrected chi connectivity index (χ4v) is 2.42. The van der Waals surface area contributed by atoms with Gasteiger partial charge in [-0.1, -0.05) is 6.07 Å². The van der Waals surface area contributed by atoms with Gasteiger partial charge in [0.1, 0.15) is 0 Å². The second-order valence-electron chi connectivity index (χ2n) is 5.32. The summed E-state index contributed by atoms with van der Waals surface area (Å²) in [7, 11) is 0. The Hall–Kier alpha value is -0.540. The molecule has 2 N–H and O–H groups in total. The minimum Gasteiger partial charge on any atom is -0.398 e. The van der Waals surface area contributed by atoms with Crippen molar-refractivity contribution in [2.24, 2.45) is 5.92 Å². The average molecular weight is 297 g/mol. The predicted molar refractivity (Wildman–Crippen MR) is 76.8 cm³/mol. The molecule has 17 heavy (non-hydrogen) atoms. The summed E-state index contributed by atoms with van der Waals surface area (Å²) in [6, 6.07) is 6.85. The van der Waals surface area contributed by atoms with Crippen LogP contribution in [0.3, 0.4) is 0 Å². The molecular weight excluding hydrogens is 276 g/mol. The first-order chi connectivity index (χ1) is 8.06. The van der Waals surface area contributed by atoms with E-state index in [-0.39, 0.29) is 0 Å². The molecule has 94 valence electrons. The van der Waals surface area contributed by atoms with Gasteiger partial charge in [0.15, 0.2) is 0 Å². The Morgan fingerprint density at radius 2 is 2.12 bits per heavy atom. The lowest BCUT2D eigenvalue weighted by atomic mass is 10.1. The first-order valence-corrected chi connectivity index (χ1v) is 7.13. The van der Waals surface area contributed by atoms with Gasteiger partial charge in [-0.05, 0) is 66.2 Å². The number of rotatable bonds is 5. The van der Waals surface area contributed by atoms with Crippen molar-refractivity contribution in [3.63, 3.8) is 0 Å². The van der Waals surface area contributed by atoms with E-state index in [1.165, 1.54) is 24.9 Å². The first kappa shape index (κ1) is 12.9. The van der Waals surface area contributed by atoms with Crippen molar-refractivity contribution in [2.45, 2.75) is 39.3 Å². The minimum atomic E-state index is 0.604. The number of halogens is 1. The number of anilines is 1. The van der Waals surface area contributed by atoms with Crippen LogP contribution in [0.25, 0.3) is 0 Å². The molecule has 0 amide bonds. The minimum absolute atomic E-state index is 0.604. The predicted octanol–water partition coefficient (Wildman–Crippen LogP) is 3.65. The molecule has 1 aromatic rings. The van der Waals surface area contributed by atoms with Crippen LogP contribution in [-0.4, -0.2) is 17.5 Å². The van der Waals surface area contributed by atoms with Crippen LogP contribution >= 0.6 is 15.9 Å². The molecule has 0 atom stereocenters. The van der Waals surface area contributed by atoms with E-state index in [0.29, 0.717) is 6.04 Å². The molecule has 0 radical (unpaired) electrons. The topological polar surface area (TPSA) is 29.3 Å². The highest BCUT2D eigenvalue weighted by molar-refractivity contribution is 9.10. The highest BCUT2D eigenvalue weighted by Gasteiger charge is 2.25. The molecule has 0 unspecified atom stereocenters. The van der Waals surface area contributed by atoms with Crippen molar-refractivity contribution in [3.8, 4) is 0 Å². The maximum absolute atomic E-state index is 5.81. The molecule has 1 fully saturated rings. The van der Waals surface area contributed by atoms with Crippen molar-refractivity contribution in [1.29, 1.82) is 0 Å². The third kappa shape index (κ3) is 3.71. The molecule has 2 rings (SSSR count). The van der Waals surface area contributed by atoms with Gasteiger partial charge in [-0.2, -0.15) is 0 Å². The Morgan fingerprint density at radius 1 is 1.41 bits per heavy atom. The maximum atomic E-state index is 5.81. The zero-order valence-corrected chi connectivity index (χ0v) is 12.2. The zero-order chi connectivity index (χ0) is 12.4. The van der Waals surface area contributed by atoms with Crippen LogP contribution in [0.15, 0.2) is 22.7 Å². The summed E-state index contributed by atoms with van der Waals surface area (Å²) in [4.78, 5) is 2.55. The summed E-state index contributed by atoms with van der Waals surface area (Å²) in [5.41, 5.74) is 7.96. The number of nitrogens with zero attached hydrogens (tertiary/aromatic N) is 1. The van der Waals surface area contributed by atoms with E-state index in [4.69, 9.17) is 5.73 Å². The van der Waals surface area contributed by atoms with Gasteiger partial charge in [0.2, 0.25) is 0 Å². The van der Waals surface area contributed by atoms with Gasteiger partial charge >= 0.3 is 0 Å². The average Bonchev–Trinajstić information content (AvgIpc) is 3.06. The third-order valence-corrected chi connectivity index (χ3v) is 4.06. The highest BCUT2D eigenvalue weighted by atomic mass is 79.9. The summed E-state index contributed by atoms with van der Waals surface area (Å²) in [5, 5.41) is 0. The molecule has 1 aliphatic rings. The lowest BCUT2D eigenvalue weighted by Gasteiger charge is -2.26. The van der Waals surface area contributed by atoms with Crippen molar-refractivity contribution in [3.05, 3.63) is 28.2 Å². The fraction of sp³-hybridized carbons (Fsp3) is 0.571. The normalized spacial score (nSPS) is 15.8. The Labute approximate surface area is 112 Å². The smallest absolute Gasteiger partial charge is 0.0458 e. The maximum Gasteiger partial charge on any atom is 0.0458 e. The second-order valence-corrected chi connectivity index (χ2v) is 6.18. The SMILES string of the molecule is CC(C)N(Cc1ccc(N)c(Br)c1)CC1CC1. The van der Waals surface area contributed by atoms with Gasteiger partial charge < -0.3 is 5.73 Å². The Morgan fingerprint density at radius 3 is 2.65 bits per heavy atom. The van der Waals surface area contributed by atoms with Crippen LogP contribution in [0.5, 0.6) is 0 Å². The van der Waals surface area contributed by atoms with Crippen LogP contribution in [0.1, 0.15) is 32.3 Å². The summed E-state index contributed by atoms with van der Waals surface area (Å²) in [5.74, 6) is 0.939. The van der Waals surface area contributed by atoms with E-state index < -0.39 is 0 Å². The third-order valence-electron chi connectivity index (χ3n) is 3.37. The zero-order valence-electron chi connectivity index (χ0n) is 10.6. The molecule has 1 saturated carbocycles. The number of hydrogen-bond donors (Lipinski definition) is 1. The molecule has 0 spiro atoms. The number of benzene rings is 1. The Balaban J connectivity index is 2.02. The molecule has 0 aromatic heterocycles. The summed E-state index contributed by atoms with van der Waals surface area (Å²) < 4.78 is 1.00. The molecule has 0 aliphatic heterocycles. The van der Waals surface area contributed by atoms with E-state index >= 15 is 0 Å².